The van der Waals surface area contributed by atoms with E-state index in [-0.39, 0.29) is 40.6 Å². The Hall–Kier alpha value is -3.73. The molecule has 2 aromatic rings. The lowest BCUT2D eigenvalue weighted by atomic mass is 9.73. The third-order valence-electron chi connectivity index (χ3n) is 5.76. The molecule has 1 aliphatic rings. The van der Waals surface area contributed by atoms with E-state index in [2.05, 4.69) is 10.3 Å². The van der Waals surface area contributed by atoms with E-state index in [0.29, 0.717) is 0 Å². The van der Waals surface area contributed by atoms with E-state index in [4.69, 9.17) is 4.74 Å². The zero-order chi connectivity index (χ0) is 26.9. The number of rotatable bonds is 8. The Bertz CT molecular complexity index is 1330. The van der Waals surface area contributed by atoms with E-state index in [1.165, 1.54) is 37.5 Å². The molecule has 1 aromatic heterocycles. The summed E-state index contributed by atoms with van der Waals surface area (Å²) >= 11 is 0. The number of likely N-dealkylation sites (N-methyl/N-ethyl adjacent to an activating group) is 1. The number of carboxylic acid groups (broad SMARTS) is 1. The second-order valence-electron chi connectivity index (χ2n) is 10.00. The van der Waals surface area contributed by atoms with Crippen molar-refractivity contribution >= 4 is 39.4 Å². The molecule has 0 saturated heterocycles. The summed E-state index contributed by atoms with van der Waals surface area (Å²) in [6.07, 6.45) is 1.48. The van der Waals surface area contributed by atoms with E-state index in [9.17, 15) is 27.9 Å². The van der Waals surface area contributed by atoms with Crippen molar-refractivity contribution in [3.8, 4) is 0 Å². The van der Waals surface area contributed by atoms with Crippen LogP contribution in [0.3, 0.4) is 0 Å². The summed E-state index contributed by atoms with van der Waals surface area (Å²) in [5.74, 6) is -2.59. The average Bonchev–Trinajstić information content (AvgIpc) is 2.77. The number of esters is 1. The summed E-state index contributed by atoms with van der Waals surface area (Å²) in [5, 5.41) is 12.0. The molecule has 0 aliphatic carbocycles. The van der Waals surface area contributed by atoms with Gasteiger partial charge in [0.2, 0.25) is 0 Å². The Morgan fingerprint density at radius 2 is 1.69 bits per heavy atom. The van der Waals surface area contributed by atoms with Crippen LogP contribution in [0.25, 0.3) is 5.76 Å². The molecule has 0 spiro atoms. The van der Waals surface area contributed by atoms with Crippen LogP contribution in [0.5, 0.6) is 0 Å². The van der Waals surface area contributed by atoms with Crippen LogP contribution >= 0.6 is 0 Å². The zero-order valence-electron chi connectivity index (χ0n) is 20.7. The number of ether oxygens (including phenoxy) is 1. The number of hydrogen-bond donors (Lipinski definition) is 2. The van der Waals surface area contributed by atoms with Crippen LogP contribution in [-0.2, 0) is 29.1 Å². The number of amides is 1. The van der Waals surface area contributed by atoms with Gasteiger partial charge in [-0.2, -0.15) is 0 Å². The predicted octanol–water partition coefficient (Wildman–Crippen LogP) is 3.48. The number of aromatic nitrogens is 1. The van der Waals surface area contributed by atoms with E-state index < -0.39 is 38.7 Å². The van der Waals surface area contributed by atoms with Gasteiger partial charge < -0.3 is 15.2 Å². The van der Waals surface area contributed by atoms with Gasteiger partial charge in [0, 0.05) is 18.8 Å². The fourth-order valence-electron chi connectivity index (χ4n) is 4.25. The van der Waals surface area contributed by atoms with Crippen LogP contribution in [-0.4, -0.2) is 47.7 Å². The van der Waals surface area contributed by atoms with Gasteiger partial charge in [0.1, 0.15) is 5.82 Å². The largest absolute Gasteiger partial charge is 0.481 e. The maximum absolute atomic E-state index is 13.2. The molecule has 1 aliphatic heterocycles. The highest BCUT2D eigenvalue weighted by molar-refractivity contribution is 7.89. The third kappa shape index (κ3) is 5.56. The van der Waals surface area contributed by atoms with Gasteiger partial charge in [-0.1, -0.05) is 32.0 Å². The number of benzene rings is 1. The molecule has 192 valence electrons. The van der Waals surface area contributed by atoms with Gasteiger partial charge in [-0.05, 0) is 49.9 Å². The molecule has 11 heteroatoms. The monoisotopic (exact) mass is 515 g/mol. The SMILES string of the molecule is CN1C(C(=O)Nc2ccccn2)=C(OC(=O)CC(C)(C)CC(C)(C)C(=O)O)c2ccccc2S1(=O)=O. The number of carboxylic acids is 1. The Balaban J connectivity index is 2.02. The number of sulfonamides is 1. The first-order valence-corrected chi connectivity index (χ1v) is 12.6. The Morgan fingerprint density at radius 1 is 1.06 bits per heavy atom. The molecule has 3 rings (SSSR count). The molecule has 0 radical (unpaired) electrons. The second kappa shape index (κ2) is 9.73. The number of pyridine rings is 1. The van der Waals surface area contributed by atoms with Crippen molar-refractivity contribution in [2.45, 2.75) is 45.4 Å². The summed E-state index contributed by atoms with van der Waals surface area (Å²) in [7, 11) is -2.91. The standard InChI is InChI=1S/C25H29N3O7S/c1-24(2,15-25(3,4)23(31)32)14-19(29)35-21-16-10-6-7-11-17(16)36(33,34)28(5)20(21)22(30)27-18-12-8-9-13-26-18/h6-13H,14-15H2,1-5H3,(H,31,32)(H,26,27,30). The normalized spacial score (nSPS) is 15.2. The lowest BCUT2D eigenvalue weighted by Crippen LogP contribution is -2.38. The van der Waals surface area contributed by atoms with Gasteiger partial charge in [-0.3, -0.25) is 18.7 Å². The maximum Gasteiger partial charge on any atom is 0.311 e. The Labute approximate surface area is 210 Å². The van der Waals surface area contributed by atoms with Crippen LogP contribution in [0, 0.1) is 10.8 Å². The smallest absolute Gasteiger partial charge is 0.311 e. The van der Waals surface area contributed by atoms with Crippen LogP contribution in [0.2, 0.25) is 0 Å². The highest BCUT2D eigenvalue weighted by Gasteiger charge is 2.41. The first kappa shape index (κ1) is 26.9. The molecule has 36 heavy (non-hydrogen) atoms. The van der Waals surface area contributed by atoms with Crippen molar-refractivity contribution in [3.63, 3.8) is 0 Å². The number of hydrogen-bond acceptors (Lipinski definition) is 7. The predicted molar refractivity (Wildman–Crippen MR) is 132 cm³/mol. The summed E-state index contributed by atoms with van der Waals surface area (Å²) in [6, 6.07) is 10.7. The van der Waals surface area contributed by atoms with Gasteiger partial charge in [0.25, 0.3) is 15.9 Å². The van der Waals surface area contributed by atoms with Crippen LogP contribution < -0.4 is 5.32 Å². The molecule has 0 fully saturated rings. The van der Waals surface area contributed by atoms with E-state index >= 15 is 0 Å². The summed E-state index contributed by atoms with van der Waals surface area (Å²) in [5.41, 5.74) is -2.15. The molecule has 0 unspecified atom stereocenters. The number of fused-ring (bicyclic) bond motifs is 1. The van der Waals surface area contributed by atoms with Crippen molar-refractivity contribution in [2.24, 2.45) is 10.8 Å². The average molecular weight is 516 g/mol. The fraction of sp³-hybridized carbons (Fsp3) is 0.360. The maximum atomic E-state index is 13.2. The molecule has 0 bridgehead atoms. The van der Waals surface area contributed by atoms with Crippen LogP contribution in [0.15, 0.2) is 59.3 Å². The molecule has 10 nitrogen and oxygen atoms in total. The fourth-order valence-corrected chi connectivity index (χ4v) is 5.64. The second-order valence-corrected chi connectivity index (χ2v) is 11.9. The highest BCUT2D eigenvalue weighted by Crippen LogP contribution is 2.40. The molecule has 2 heterocycles. The number of nitrogens with one attached hydrogen (secondary N) is 1. The summed E-state index contributed by atoms with van der Waals surface area (Å²) in [4.78, 5) is 41.8. The molecule has 1 amide bonds. The highest BCUT2D eigenvalue weighted by atomic mass is 32.2. The van der Waals surface area contributed by atoms with Crippen molar-refractivity contribution in [1.82, 2.24) is 9.29 Å². The number of aliphatic carboxylic acids is 1. The minimum absolute atomic E-state index is 0.0683. The van der Waals surface area contributed by atoms with Crippen LogP contribution in [0.4, 0.5) is 5.82 Å². The number of nitrogens with zero attached hydrogens (tertiary/aromatic N) is 2. The van der Waals surface area contributed by atoms with Crippen molar-refractivity contribution in [3.05, 3.63) is 59.9 Å². The van der Waals surface area contributed by atoms with E-state index in [1.807, 2.05) is 0 Å². The minimum Gasteiger partial charge on any atom is -0.481 e. The van der Waals surface area contributed by atoms with E-state index in [0.717, 1.165) is 4.31 Å². The van der Waals surface area contributed by atoms with Crippen molar-refractivity contribution in [1.29, 1.82) is 0 Å². The zero-order valence-corrected chi connectivity index (χ0v) is 21.5. The molecular weight excluding hydrogens is 486 g/mol. The first-order valence-electron chi connectivity index (χ1n) is 11.1. The number of carbonyl (C=O) groups excluding carboxylic acids is 2. The van der Waals surface area contributed by atoms with Gasteiger partial charge in [0.05, 0.1) is 16.7 Å². The number of anilines is 1. The van der Waals surface area contributed by atoms with Gasteiger partial charge in [0.15, 0.2) is 11.5 Å². The first-order chi connectivity index (χ1) is 16.7. The topological polar surface area (TPSA) is 143 Å². The van der Waals surface area contributed by atoms with E-state index in [1.54, 1.807) is 45.9 Å². The summed E-state index contributed by atoms with van der Waals surface area (Å²) < 4.78 is 32.7. The molecule has 1 aromatic carbocycles. The lowest BCUT2D eigenvalue weighted by molar-refractivity contribution is -0.150. The number of carbonyl (C=O) groups is 3. The Morgan fingerprint density at radius 3 is 2.31 bits per heavy atom. The quantitative estimate of drug-likeness (QED) is 0.509. The van der Waals surface area contributed by atoms with Gasteiger partial charge in [-0.15, -0.1) is 0 Å². The summed E-state index contributed by atoms with van der Waals surface area (Å²) in [6.45, 7) is 6.63. The minimum atomic E-state index is -4.11. The van der Waals surface area contributed by atoms with Gasteiger partial charge >= 0.3 is 11.9 Å². The van der Waals surface area contributed by atoms with Crippen LogP contribution in [0.1, 0.15) is 46.1 Å². The molecule has 0 saturated carbocycles. The van der Waals surface area contributed by atoms with Crippen molar-refractivity contribution < 1.29 is 32.6 Å². The van der Waals surface area contributed by atoms with Crippen molar-refractivity contribution in [2.75, 3.05) is 12.4 Å². The lowest BCUT2D eigenvalue weighted by Gasteiger charge is -2.32. The third-order valence-corrected chi connectivity index (χ3v) is 7.58. The Kier molecular flexibility index (Phi) is 7.26. The molecule has 0 atom stereocenters. The van der Waals surface area contributed by atoms with Gasteiger partial charge in [-0.25, -0.2) is 13.4 Å². The molecule has 2 N–H and O–H groups in total. The molecular formula is C25H29N3O7S.